The van der Waals surface area contributed by atoms with Crippen LogP contribution in [0.5, 0.6) is 0 Å². The van der Waals surface area contributed by atoms with E-state index in [0.29, 0.717) is 19.6 Å². The van der Waals surface area contributed by atoms with Gasteiger partial charge in [0.1, 0.15) is 6.04 Å². The topological polar surface area (TPSA) is 53.3 Å². The van der Waals surface area contributed by atoms with Crippen LogP contribution in [0.4, 0.5) is 0 Å². The third kappa shape index (κ3) is 2.71. The van der Waals surface area contributed by atoms with Gasteiger partial charge in [0, 0.05) is 13.2 Å². The van der Waals surface area contributed by atoms with E-state index in [1.165, 1.54) is 0 Å². The molecule has 14 heavy (non-hydrogen) atoms. The van der Waals surface area contributed by atoms with Gasteiger partial charge in [0.15, 0.2) is 0 Å². The molecule has 4 nitrogen and oxygen atoms in total. The maximum Gasteiger partial charge on any atom is 0.225 e. The van der Waals surface area contributed by atoms with Crippen molar-refractivity contribution in [3.63, 3.8) is 0 Å². The zero-order valence-electron chi connectivity index (χ0n) is 8.53. The Morgan fingerprint density at radius 3 is 3.14 bits per heavy atom. The number of carbonyl (C=O) groups is 1. The van der Waals surface area contributed by atoms with Crippen molar-refractivity contribution < 1.29 is 9.53 Å². The lowest BCUT2D eigenvalue weighted by atomic mass is 10.2. The van der Waals surface area contributed by atoms with Crippen LogP contribution in [0.25, 0.3) is 0 Å². The molecule has 0 radical (unpaired) electrons. The zero-order valence-corrected chi connectivity index (χ0v) is 8.53. The van der Waals surface area contributed by atoms with Crippen LogP contribution in [-0.4, -0.2) is 36.6 Å². The van der Waals surface area contributed by atoms with E-state index >= 15 is 0 Å². The molecule has 1 saturated heterocycles. The maximum atomic E-state index is 11.6. The second-order valence-corrected chi connectivity index (χ2v) is 3.32. The molecule has 0 bridgehead atoms. The first-order valence-electron chi connectivity index (χ1n) is 5.06. The molecule has 0 spiro atoms. The lowest BCUT2D eigenvalue weighted by molar-refractivity contribution is -0.132. The van der Waals surface area contributed by atoms with Crippen molar-refractivity contribution in [3.8, 4) is 6.07 Å². The smallest absolute Gasteiger partial charge is 0.225 e. The molecule has 1 fully saturated rings. The predicted molar refractivity (Wildman–Crippen MR) is 51.5 cm³/mol. The number of hydrogen-bond acceptors (Lipinski definition) is 3. The quantitative estimate of drug-likeness (QED) is 0.628. The molecule has 1 rings (SSSR count). The predicted octanol–water partition coefficient (Wildman–Crippen LogP) is 0.928. The number of rotatable bonds is 4. The molecule has 0 saturated carbocycles. The highest BCUT2D eigenvalue weighted by Gasteiger charge is 2.27. The first-order valence-corrected chi connectivity index (χ1v) is 5.06. The third-order valence-electron chi connectivity index (χ3n) is 2.39. The van der Waals surface area contributed by atoms with Crippen LogP contribution in [0.15, 0.2) is 0 Å². The van der Waals surface area contributed by atoms with Gasteiger partial charge >= 0.3 is 0 Å². The molecule has 1 aliphatic heterocycles. The van der Waals surface area contributed by atoms with Gasteiger partial charge in [0.2, 0.25) is 5.91 Å². The molecule has 1 heterocycles. The Bertz CT molecular complexity index is 235. The van der Waals surface area contributed by atoms with Gasteiger partial charge in [0.25, 0.3) is 0 Å². The standard InChI is InChI=1S/C10H16N2O2/c1-2-14-7-5-10(13)12-6-3-4-9(12)8-11/h9H,2-7H2,1H3. The summed E-state index contributed by atoms with van der Waals surface area (Å²) in [6, 6.07) is 1.95. The summed E-state index contributed by atoms with van der Waals surface area (Å²) in [6.07, 6.45) is 2.15. The van der Waals surface area contributed by atoms with E-state index < -0.39 is 0 Å². The van der Waals surface area contributed by atoms with Crippen LogP contribution in [0.3, 0.4) is 0 Å². The monoisotopic (exact) mass is 196 g/mol. The van der Waals surface area contributed by atoms with Gasteiger partial charge in [-0.1, -0.05) is 0 Å². The van der Waals surface area contributed by atoms with Gasteiger partial charge < -0.3 is 9.64 Å². The molecule has 0 aromatic rings. The van der Waals surface area contributed by atoms with E-state index in [2.05, 4.69) is 6.07 Å². The number of nitriles is 1. The summed E-state index contributed by atoms with van der Waals surface area (Å²) in [5, 5.41) is 8.78. The highest BCUT2D eigenvalue weighted by Crippen LogP contribution is 2.17. The van der Waals surface area contributed by atoms with Crippen molar-refractivity contribution in [1.29, 1.82) is 5.26 Å². The summed E-state index contributed by atoms with van der Waals surface area (Å²) in [7, 11) is 0. The molecular formula is C10H16N2O2. The molecule has 0 aliphatic carbocycles. The zero-order chi connectivity index (χ0) is 10.4. The van der Waals surface area contributed by atoms with Crippen molar-refractivity contribution in [2.24, 2.45) is 0 Å². The van der Waals surface area contributed by atoms with Crippen LogP contribution in [0.1, 0.15) is 26.2 Å². The minimum atomic E-state index is -0.205. The van der Waals surface area contributed by atoms with Crippen LogP contribution in [-0.2, 0) is 9.53 Å². The van der Waals surface area contributed by atoms with Gasteiger partial charge in [-0.2, -0.15) is 5.26 Å². The molecule has 0 aromatic heterocycles. The summed E-state index contributed by atoms with van der Waals surface area (Å²) >= 11 is 0. The minimum absolute atomic E-state index is 0.0440. The van der Waals surface area contributed by atoms with Gasteiger partial charge in [-0.25, -0.2) is 0 Å². The normalized spacial score (nSPS) is 20.9. The SMILES string of the molecule is CCOCCC(=O)N1CCCC1C#N. The maximum absolute atomic E-state index is 11.6. The Balaban J connectivity index is 2.33. The number of carbonyl (C=O) groups excluding carboxylic acids is 1. The number of likely N-dealkylation sites (tertiary alicyclic amines) is 1. The second kappa shape index (κ2) is 5.61. The number of nitrogens with zero attached hydrogens (tertiary/aromatic N) is 2. The summed E-state index contributed by atoms with van der Waals surface area (Å²) in [5.74, 6) is 0.0440. The van der Waals surface area contributed by atoms with Crippen molar-refractivity contribution in [1.82, 2.24) is 4.90 Å². The first kappa shape index (κ1) is 11.0. The molecule has 1 aliphatic rings. The Kier molecular flexibility index (Phi) is 4.41. The highest BCUT2D eigenvalue weighted by atomic mass is 16.5. The van der Waals surface area contributed by atoms with Crippen molar-refractivity contribution in [3.05, 3.63) is 0 Å². The summed E-state index contributed by atoms with van der Waals surface area (Å²) in [6.45, 7) is 3.72. The summed E-state index contributed by atoms with van der Waals surface area (Å²) in [5.41, 5.74) is 0. The summed E-state index contributed by atoms with van der Waals surface area (Å²) in [4.78, 5) is 13.2. The largest absolute Gasteiger partial charge is 0.381 e. The van der Waals surface area contributed by atoms with Crippen LogP contribution in [0.2, 0.25) is 0 Å². The third-order valence-corrected chi connectivity index (χ3v) is 2.39. The van der Waals surface area contributed by atoms with Crippen molar-refractivity contribution >= 4 is 5.91 Å². The second-order valence-electron chi connectivity index (χ2n) is 3.32. The molecule has 0 aromatic carbocycles. The molecule has 0 N–H and O–H groups in total. The van der Waals surface area contributed by atoms with E-state index in [0.717, 1.165) is 19.4 Å². The fourth-order valence-corrected chi connectivity index (χ4v) is 1.65. The number of hydrogen-bond donors (Lipinski definition) is 0. The van der Waals surface area contributed by atoms with Crippen molar-refractivity contribution in [2.45, 2.75) is 32.2 Å². The fourth-order valence-electron chi connectivity index (χ4n) is 1.65. The van der Waals surface area contributed by atoms with Gasteiger partial charge in [0.05, 0.1) is 19.1 Å². The Morgan fingerprint density at radius 2 is 2.50 bits per heavy atom. The number of amides is 1. The van der Waals surface area contributed by atoms with E-state index in [9.17, 15) is 4.79 Å². The average molecular weight is 196 g/mol. The highest BCUT2D eigenvalue weighted by molar-refractivity contribution is 5.77. The fraction of sp³-hybridized carbons (Fsp3) is 0.800. The van der Waals surface area contributed by atoms with E-state index in [4.69, 9.17) is 10.00 Å². The van der Waals surface area contributed by atoms with Gasteiger partial charge in [-0.15, -0.1) is 0 Å². The lowest BCUT2D eigenvalue weighted by Gasteiger charge is -2.19. The molecular weight excluding hydrogens is 180 g/mol. The average Bonchev–Trinajstić information content (AvgIpc) is 2.65. The van der Waals surface area contributed by atoms with E-state index in [1.54, 1.807) is 4.90 Å². The molecule has 1 atom stereocenters. The Morgan fingerprint density at radius 1 is 1.71 bits per heavy atom. The van der Waals surface area contributed by atoms with Crippen LogP contribution >= 0.6 is 0 Å². The lowest BCUT2D eigenvalue weighted by Crippen LogP contribution is -2.35. The van der Waals surface area contributed by atoms with E-state index in [1.807, 2.05) is 6.92 Å². The summed E-state index contributed by atoms with van der Waals surface area (Å²) < 4.78 is 5.10. The first-order chi connectivity index (χ1) is 6.79. The van der Waals surface area contributed by atoms with Crippen molar-refractivity contribution in [2.75, 3.05) is 19.8 Å². The molecule has 1 amide bonds. The van der Waals surface area contributed by atoms with Gasteiger partial charge in [-0.05, 0) is 19.8 Å². The van der Waals surface area contributed by atoms with Gasteiger partial charge in [-0.3, -0.25) is 4.79 Å². The Labute approximate surface area is 84.4 Å². The minimum Gasteiger partial charge on any atom is -0.381 e. The Hall–Kier alpha value is -1.08. The van der Waals surface area contributed by atoms with Crippen LogP contribution < -0.4 is 0 Å². The molecule has 1 unspecified atom stereocenters. The molecule has 78 valence electrons. The van der Waals surface area contributed by atoms with E-state index in [-0.39, 0.29) is 11.9 Å². The molecule has 4 heteroatoms. The van der Waals surface area contributed by atoms with Crippen LogP contribution in [0, 0.1) is 11.3 Å². The number of ether oxygens (including phenoxy) is 1.